The maximum Gasteiger partial charge on any atom is 0.436 e. The third-order valence-corrected chi connectivity index (χ3v) is 4.86. The lowest BCUT2D eigenvalue weighted by Gasteiger charge is -2.08. The van der Waals surface area contributed by atoms with E-state index in [4.69, 9.17) is 0 Å². The fourth-order valence-corrected chi connectivity index (χ4v) is 3.34. The molecule has 0 aliphatic carbocycles. The van der Waals surface area contributed by atoms with Crippen molar-refractivity contribution in [2.45, 2.75) is 32.6 Å². The Morgan fingerprint density at radius 2 is 1.94 bits per heavy atom. The Kier molecular flexibility index (Phi) is 5.66. The van der Waals surface area contributed by atoms with Crippen LogP contribution in [0.3, 0.4) is 0 Å². The van der Waals surface area contributed by atoms with Crippen LogP contribution in [0.5, 0.6) is 0 Å². The molecule has 33 heavy (non-hydrogen) atoms. The van der Waals surface area contributed by atoms with E-state index in [-0.39, 0.29) is 23.2 Å². The maximum absolute atomic E-state index is 13.2. The van der Waals surface area contributed by atoms with Crippen molar-refractivity contribution < 1.29 is 22.8 Å². The highest BCUT2D eigenvalue weighted by Gasteiger charge is 2.34. The lowest BCUT2D eigenvalue weighted by Crippen LogP contribution is -2.20. The number of nitrogens with one attached hydrogen (secondary N) is 1. The summed E-state index contributed by atoms with van der Waals surface area (Å²) in [5, 5.41) is 9.45. The normalized spacial score (nSPS) is 11.8. The minimum atomic E-state index is -4.65. The number of pyridine rings is 2. The number of carbonyl (C=O) groups excluding carboxylic acids is 2. The fraction of sp³-hybridized carbons (Fsp3) is 0.238. The zero-order chi connectivity index (χ0) is 23.8. The molecular weight excluding hydrogens is 439 g/mol. The number of halogens is 3. The number of aromatic nitrogens is 6. The molecule has 0 radical (unpaired) electrons. The first-order valence-corrected chi connectivity index (χ1v) is 9.86. The Morgan fingerprint density at radius 3 is 2.64 bits per heavy atom. The fourth-order valence-electron chi connectivity index (χ4n) is 3.34. The number of anilines is 1. The maximum atomic E-state index is 13.2. The second-order valence-corrected chi connectivity index (χ2v) is 7.54. The summed E-state index contributed by atoms with van der Waals surface area (Å²) in [4.78, 5) is 33.6. The number of rotatable bonds is 6. The van der Waals surface area contributed by atoms with Gasteiger partial charge in [-0.15, -0.1) is 5.10 Å². The smallest absolute Gasteiger partial charge is 0.344 e. The van der Waals surface area contributed by atoms with E-state index in [9.17, 15) is 22.8 Å². The van der Waals surface area contributed by atoms with Crippen molar-refractivity contribution in [2.24, 2.45) is 0 Å². The van der Waals surface area contributed by atoms with E-state index in [1.165, 1.54) is 18.3 Å². The Bertz CT molecular complexity index is 1340. The summed E-state index contributed by atoms with van der Waals surface area (Å²) in [5.41, 5.74) is 0.415. The standard InChI is InChI=1S/C21H18F3N7O2/c1-12(2)31-9-15(14-8-25-5-4-16(14)31)20(33)13-3-6-26-18(7-13)27-19(32)11-30-10-17(28-29-30)21(22,23)24/h3-10,12H,11H2,1-2H3,(H,26,27,32). The van der Waals surface area contributed by atoms with Gasteiger partial charge in [-0.25, -0.2) is 9.67 Å². The van der Waals surface area contributed by atoms with E-state index in [2.05, 4.69) is 25.6 Å². The number of fused-ring (bicyclic) bond motifs is 1. The lowest BCUT2D eigenvalue weighted by molar-refractivity contribution is -0.141. The van der Waals surface area contributed by atoms with E-state index in [1.54, 1.807) is 18.6 Å². The molecule has 4 aromatic heterocycles. The van der Waals surface area contributed by atoms with Gasteiger partial charge in [0.1, 0.15) is 12.4 Å². The van der Waals surface area contributed by atoms with Crippen molar-refractivity contribution in [1.82, 2.24) is 29.5 Å². The SMILES string of the molecule is CC(C)n1cc(C(=O)c2ccnc(NC(=O)Cn3cc(C(F)(F)F)nn3)c2)c2cnccc21. The molecule has 0 fully saturated rings. The van der Waals surface area contributed by atoms with Crippen molar-refractivity contribution in [1.29, 1.82) is 0 Å². The number of carbonyl (C=O) groups is 2. The van der Waals surface area contributed by atoms with E-state index in [0.29, 0.717) is 17.1 Å². The third-order valence-electron chi connectivity index (χ3n) is 4.86. The number of hydrogen-bond donors (Lipinski definition) is 1. The second kappa shape index (κ2) is 8.45. The van der Waals surface area contributed by atoms with E-state index >= 15 is 0 Å². The molecule has 0 atom stereocenters. The molecule has 4 rings (SSSR count). The molecule has 1 N–H and O–H groups in total. The predicted octanol–water partition coefficient (Wildman–Crippen LogP) is 3.49. The van der Waals surface area contributed by atoms with Crippen LogP contribution < -0.4 is 5.32 Å². The summed E-state index contributed by atoms with van der Waals surface area (Å²) in [5.74, 6) is -0.879. The Balaban J connectivity index is 1.54. The van der Waals surface area contributed by atoms with Gasteiger partial charge in [0.15, 0.2) is 11.5 Å². The highest BCUT2D eigenvalue weighted by Crippen LogP contribution is 2.27. The molecule has 12 heteroatoms. The first-order valence-electron chi connectivity index (χ1n) is 9.86. The molecule has 0 aliphatic heterocycles. The molecule has 0 saturated heterocycles. The van der Waals surface area contributed by atoms with Crippen LogP contribution in [0.4, 0.5) is 19.0 Å². The van der Waals surface area contributed by atoms with Crippen LogP contribution in [-0.2, 0) is 17.5 Å². The average molecular weight is 457 g/mol. The number of nitrogens with zero attached hydrogens (tertiary/aromatic N) is 6. The van der Waals surface area contributed by atoms with Gasteiger partial charge in [-0.2, -0.15) is 13.2 Å². The summed E-state index contributed by atoms with van der Waals surface area (Å²) in [6.45, 7) is 3.50. The molecule has 0 saturated carbocycles. The number of ketones is 1. The van der Waals surface area contributed by atoms with Crippen LogP contribution in [0.25, 0.3) is 10.9 Å². The Hall–Kier alpha value is -4.09. The zero-order valence-electron chi connectivity index (χ0n) is 17.5. The van der Waals surface area contributed by atoms with Gasteiger partial charge in [-0.05, 0) is 32.0 Å². The average Bonchev–Trinajstić information content (AvgIpc) is 3.38. The largest absolute Gasteiger partial charge is 0.436 e. The molecule has 9 nitrogen and oxygen atoms in total. The topological polar surface area (TPSA) is 108 Å². The van der Waals surface area contributed by atoms with Crippen molar-refractivity contribution in [2.75, 3.05) is 5.32 Å². The summed E-state index contributed by atoms with van der Waals surface area (Å²) in [6.07, 6.45) is 2.38. The third kappa shape index (κ3) is 4.59. The number of amides is 1. The molecule has 0 spiro atoms. The van der Waals surface area contributed by atoms with Gasteiger partial charge in [-0.1, -0.05) is 5.21 Å². The van der Waals surface area contributed by atoms with Crippen LogP contribution in [0.2, 0.25) is 0 Å². The number of hydrogen-bond acceptors (Lipinski definition) is 6. The minimum Gasteiger partial charge on any atom is -0.344 e. The van der Waals surface area contributed by atoms with Gasteiger partial charge in [0, 0.05) is 47.3 Å². The van der Waals surface area contributed by atoms with Crippen molar-refractivity contribution in [3.63, 3.8) is 0 Å². The van der Waals surface area contributed by atoms with Crippen molar-refractivity contribution >= 4 is 28.4 Å². The quantitative estimate of drug-likeness (QED) is 0.444. The molecule has 0 unspecified atom stereocenters. The van der Waals surface area contributed by atoms with E-state index in [1.807, 2.05) is 24.5 Å². The first kappa shape index (κ1) is 22.1. The van der Waals surface area contributed by atoms with E-state index in [0.717, 1.165) is 10.2 Å². The monoisotopic (exact) mass is 457 g/mol. The van der Waals surface area contributed by atoms with Crippen molar-refractivity contribution in [3.05, 3.63) is 66.0 Å². The van der Waals surface area contributed by atoms with Gasteiger partial charge >= 0.3 is 6.18 Å². The van der Waals surface area contributed by atoms with Crippen LogP contribution in [-0.4, -0.2) is 41.2 Å². The molecule has 0 bridgehead atoms. The van der Waals surface area contributed by atoms with Gasteiger partial charge in [0.25, 0.3) is 0 Å². The van der Waals surface area contributed by atoms with Crippen LogP contribution >= 0.6 is 0 Å². The molecule has 4 heterocycles. The Morgan fingerprint density at radius 1 is 1.15 bits per heavy atom. The molecule has 1 amide bonds. The van der Waals surface area contributed by atoms with Crippen LogP contribution in [0, 0.1) is 0 Å². The van der Waals surface area contributed by atoms with Gasteiger partial charge in [-0.3, -0.25) is 14.6 Å². The first-order chi connectivity index (χ1) is 15.6. The lowest BCUT2D eigenvalue weighted by atomic mass is 10.0. The number of alkyl halides is 3. The highest BCUT2D eigenvalue weighted by molar-refractivity contribution is 6.16. The molecule has 170 valence electrons. The van der Waals surface area contributed by atoms with E-state index < -0.39 is 24.3 Å². The van der Waals surface area contributed by atoms with Gasteiger partial charge in [0.05, 0.1) is 11.7 Å². The summed E-state index contributed by atoms with van der Waals surface area (Å²) < 4.78 is 40.6. The van der Waals surface area contributed by atoms with Gasteiger partial charge < -0.3 is 9.88 Å². The summed E-state index contributed by atoms with van der Waals surface area (Å²) >= 11 is 0. The molecule has 4 aromatic rings. The molecule has 0 aliphatic rings. The summed E-state index contributed by atoms with van der Waals surface area (Å²) in [6, 6.07) is 4.87. The van der Waals surface area contributed by atoms with Crippen molar-refractivity contribution in [3.8, 4) is 0 Å². The molecule has 0 aromatic carbocycles. The minimum absolute atomic E-state index is 0.0766. The van der Waals surface area contributed by atoms with Crippen LogP contribution in [0.15, 0.2) is 49.2 Å². The predicted molar refractivity (Wildman–Crippen MR) is 111 cm³/mol. The molecular formula is C21H18F3N7O2. The zero-order valence-corrected chi connectivity index (χ0v) is 17.5. The highest BCUT2D eigenvalue weighted by atomic mass is 19.4. The summed E-state index contributed by atoms with van der Waals surface area (Å²) in [7, 11) is 0. The Labute approximate surface area is 185 Å². The van der Waals surface area contributed by atoms with Gasteiger partial charge in [0.2, 0.25) is 5.91 Å². The van der Waals surface area contributed by atoms with Crippen LogP contribution in [0.1, 0.15) is 41.5 Å². The second-order valence-electron chi connectivity index (χ2n) is 7.54.